The molecule has 128 valence electrons. The number of furan rings is 1. The maximum atomic E-state index is 13.0. The Bertz CT molecular complexity index is 731. The number of carbonyl (C=O) groups is 2. The van der Waals surface area contributed by atoms with Gasteiger partial charge in [-0.1, -0.05) is 12.8 Å². The lowest BCUT2D eigenvalue weighted by Crippen LogP contribution is -2.35. The Labute approximate surface area is 141 Å². The van der Waals surface area contributed by atoms with E-state index in [1.165, 1.54) is 19.4 Å². The predicted octanol–water partition coefficient (Wildman–Crippen LogP) is 3.16. The molecule has 3 heterocycles. The second-order valence-corrected chi connectivity index (χ2v) is 6.10. The number of nitrogens with zero attached hydrogens (tertiary/aromatic N) is 2. The minimum atomic E-state index is -0.507. The van der Waals surface area contributed by atoms with Crippen LogP contribution in [0.4, 0.5) is 0 Å². The Morgan fingerprint density at radius 2 is 2.12 bits per heavy atom. The van der Waals surface area contributed by atoms with Crippen LogP contribution in [-0.2, 0) is 11.8 Å². The number of rotatable bonds is 3. The van der Waals surface area contributed by atoms with E-state index in [2.05, 4.69) is 15.4 Å². The van der Waals surface area contributed by atoms with Gasteiger partial charge in [0.05, 0.1) is 18.7 Å². The molecular formula is C18H22N2O4. The summed E-state index contributed by atoms with van der Waals surface area (Å²) in [4.78, 5) is 26.4. The lowest BCUT2D eigenvalue weighted by Gasteiger charge is -2.30. The molecule has 1 unspecified atom stereocenters. The van der Waals surface area contributed by atoms with Crippen LogP contribution in [0.5, 0.6) is 0 Å². The van der Waals surface area contributed by atoms with E-state index in [4.69, 9.17) is 4.42 Å². The number of carbonyl (C=O) groups excluding carboxylic acids is 2. The lowest BCUT2D eigenvalue weighted by atomic mass is 10.1. The Balaban J connectivity index is 1.88. The van der Waals surface area contributed by atoms with Crippen LogP contribution in [0.2, 0.25) is 0 Å². The molecule has 1 amide bonds. The van der Waals surface area contributed by atoms with Crippen molar-refractivity contribution in [3.63, 3.8) is 0 Å². The number of aryl methyl sites for hydroxylation is 1. The average molecular weight is 330 g/mol. The summed E-state index contributed by atoms with van der Waals surface area (Å²) in [6.07, 6.45) is 7.35. The summed E-state index contributed by atoms with van der Waals surface area (Å²) in [6.45, 7) is 0.683. The highest BCUT2D eigenvalue weighted by Crippen LogP contribution is 2.31. The zero-order chi connectivity index (χ0) is 17.1. The van der Waals surface area contributed by atoms with Gasteiger partial charge in [-0.05, 0) is 25.0 Å². The first kappa shape index (κ1) is 16.4. The quantitative estimate of drug-likeness (QED) is 0.811. The molecule has 0 spiro atoms. The van der Waals surface area contributed by atoms with Crippen LogP contribution < -0.4 is 0 Å². The SMILES string of the molecule is COC(=O)c1coc(C(=O)N2CCCCCC2c2cccn2C)c1. The van der Waals surface area contributed by atoms with Gasteiger partial charge in [0.1, 0.15) is 6.26 Å². The standard InChI is InChI=1S/C18H22N2O4/c1-19-9-6-8-14(19)15-7-4-3-5-10-20(15)17(21)16-11-13(12-24-16)18(22)23-2/h6,8-9,11-12,15H,3-5,7,10H2,1-2H3. The first-order chi connectivity index (χ1) is 11.6. The van der Waals surface area contributed by atoms with Crippen molar-refractivity contribution in [1.29, 1.82) is 0 Å². The number of likely N-dealkylation sites (tertiary alicyclic amines) is 1. The molecule has 1 aliphatic rings. The average Bonchev–Trinajstić information content (AvgIpc) is 3.17. The molecule has 1 fully saturated rings. The highest BCUT2D eigenvalue weighted by molar-refractivity contribution is 5.96. The van der Waals surface area contributed by atoms with E-state index in [-0.39, 0.29) is 23.3 Å². The predicted molar refractivity (Wildman–Crippen MR) is 87.7 cm³/mol. The van der Waals surface area contributed by atoms with Gasteiger partial charge >= 0.3 is 5.97 Å². The van der Waals surface area contributed by atoms with E-state index in [0.29, 0.717) is 6.54 Å². The molecule has 0 N–H and O–H groups in total. The van der Waals surface area contributed by atoms with Crippen LogP contribution in [0.3, 0.4) is 0 Å². The third-order valence-corrected chi connectivity index (χ3v) is 4.57. The maximum Gasteiger partial charge on any atom is 0.341 e. The van der Waals surface area contributed by atoms with Crippen molar-refractivity contribution in [3.8, 4) is 0 Å². The van der Waals surface area contributed by atoms with E-state index >= 15 is 0 Å². The van der Waals surface area contributed by atoms with Crippen LogP contribution in [0.1, 0.15) is 58.3 Å². The first-order valence-corrected chi connectivity index (χ1v) is 8.21. The number of ether oxygens (including phenoxy) is 1. The fourth-order valence-electron chi connectivity index (χ4n) is 3.29. The Morgan fingerprint density at radius 3 is 2.83 bits per heavy atom. The van der Waals surface area contributed by atoms with Gasteiger partial charge in [0.2, 0.25) is 0 Å². The van der Waals surface area contributed by atoms with Gasteiger partial charge in [0.25, 0.3) is 5.91 Å². The van der Waals surface area contributed by atoms with E-state index in [0.717, 1.165) is 31.4 Å². The highest BCUT2D eigenvalue weighted by Gasteiger charge is 2.30. The lowest BCUT2D eigenvalue weighted by molar-refractivity contribution is 0.0598. The molecule has 2 aromatic heterocycles. The maximum absolute atomic E-state index is 13.0. The van der Waals surface area contributed by atoms with Crippen molar-refractivity contribution in [1.82, 2.24) is 9.47 Å². The van der Waals surface area contributed by atoms with Gasteiger partial charge < -0.3 is 18.6 Å². The number of aromatic nitrogens is 1. The fourth-order valence-corrected chi connectivity index (χ4v) is 3.29. The smallest absolute Gasteiger partial charge is 0.341 e. The molecule has 0 saturated carbocycles. The second kappa shape index (κ2) is 6.95. The van der Waals surface area contributed by atoms with Gasteiger partial charge in [-0.15, -0.1) is 0 Å². The third-order valence-electron chi connectivity index (χ3n) is 4.57. The number of hydrogen-bond acceptors (Lipinski definition) is 4. The summed E-state index contributed by atoms with van der Waals surface area (Å²) < 4.78 is 12.1. The van der Waals surface area contributed by atoms with E-state index in [9.17, 15) is 9.59 Å². The summed E-state index contributed by atoms with van der Waals surface area (Å²) in [6, 6.07) is 5.52. The minimum absolute atomic E-state index is 0.0201. The Morgan fingerprint density at radius 1 is 1.29 bits per heavy atom. The molecular weight excluding hydrogens is 308 g/mol. The summed E-state index contributed by atoms with van der Waals surface area (Å²) in [5.41, 5.74) is 1.37. The van der Waals surface area contributed by atoms with E-state index in [1.807, 2.05) is 24.2 Å². The van der Waals surface area contributed by atoms with Gasteiger partial charge in [0, 0.05) is 31.5 Å². The van der Waals surface area contributed by atoms with E-state index < -0.39 is 5.97 Å². The van der Waals surface area contributed by atoms with Crippen LogP contribution in [0, 0.1) is 0 Å². The van der Waals surface area contributed by atoms with Crippen LogP contribution in [0.15, 0.2) is 35.1 Å². The zero-order valence-electron chi connectivity index (χ0n) is 14.0. The molecule has 6 nitrogen and oxygen atoms in total. The van der Waals surface area contributed by atoms with Gasteiger partial charge in [-0.3, -0.25) is 4.79 Å². The third kappa shape index (κ3) is 3.09. The number of amides is 1. The molecule has 1 saturated heterocycles. The summed E-state index contributed by atoms with van der Waals surface area (Å²) in [5.74, 6) is -0.512. The van der Waals surface area contributed by atoms with Crippen molar-refractivity contribution in [2.75, 3.05) is 13.7 Å². The van der Waals surface area contributed by atoms with Crippen molar-refractivity contribution >= 4 is 11.9 Å². The molecule has 0 aliphatic carbocycles. The van der Waals surface area contributed by atoms with Gasteiger partial charge in [-0.2, -0.15) is 0 Å². The molecule has 0 bridgehead atoms. The molecule has 24 heavy (non-hydrogen) atoms. The first-order valence-electron chi connectivity index (χ1n) is 8.21. The summed E-state index contributed by atoms with van der Waals surface area (Å²) in [5, 5.41) is 0. The van der Waals surface area contributed by atoms with Crippen LogP contribution in [-0.4, -0.2) is 35.0 Å². The summed E-state index contributed by atoms with van der Waals surface area (Å²) in [7, 11) is 3.29. The molecule has 1 aliphatic heterocycles. The molecule has 2 aromatic rings. The normalized spacial score (nSPS) is 18.2. The van der Waals surface area contributed by atoms with E-state index in [1.54, 1.807) is 0 Å². The molecule has 6 heteroatoms. The van der Waals surface area contributed by atoms with Gasteiger partial charge in [0.15, 0.2) is 5.76 Å². The van der Waals surface area contributed by atoms with Crippen molar-refractivity contribution in [2.24, 2.45) is 7.05 Å². The Hall–Kier alpha value is -2.50. The van der Waals surface area contributed by atoms with Crippen LogP contribution >= 0.6 is 0 Å². The summed E-state index contributed by atoms with van der Waals surface area (Å²) >= 11 is 0. The minimum Gasteiger partial charge on any atom is -0.465 e. The van der Waals surface area contributed by atoms with Crippen molar-refractivity contribution < 1.29 is 18.7 Å². The fraction of sp³-hybridized carbons (Fsp3) is 0.444. The molecule has 0 aromatic carbocycles. The van der Waals surface area contributed by atoms with Crippen molar-refractivity contribution in [3.05, 3.63) is 47.7 Å². The second-order valence-electron chi connectivity index (χ2n) is 6.10. The Kier molecular flexibility index (Phi) is 4.74. The topological polar surface area (TPSA) is 64.7 Å². The largest absolute Gasteiger partial charge is 0.465 e. The van der Waals surface area contributed by atoms with Gasteiger partial charge in [-0.25, -0.2) is 4.79 Å². The molecule has 0 radical (unpaired) electrons. The van der Waals surface area contributed by atoms with Crippen LogP contribution in [0.25, 0.3) is 0 Å². The highest BCUT2D eigenvalue weighted by atomic mass is 16.5. The zero-order valence-corrected chi connectivity index (χ0v) is 14.0. The number of esters is 1. The van der Waals surface area contributed by atoms with Crippen molar-refractivity contribution in [2.45, 2.75) is 31.7 Å². The molecule has 3 rings (SSSR count). The number of methoxy groups -OCH3 is 1. The monoisotopic (exact) mass is 330 g/mol. The molecule has 1 atom stereocenters. The number of hydrogen-bond donors (Lipinski definition) is 0.